The molecule has 3 N–H and O–H groups in total. The monoisotopic (exact) mass is 446 g/mol. The number of piperidine rings is 1. The minimum absolute atomic E-state index is 0.363. The van der Waals surface area contributed by atoms with Gasteiger partial charge in [-0.2, -0.15) is 0 Å². The average molecular weight is 447 g/mol. The molecule has 1 aliphatic rings. The molecule has 1 saturated heterocycles. The molecule has 4 aromatic rings. The Balaban J connectivity index is 1.39. The summed E-state index contributed by atoms with van der Waals surface area (Å²) in [5.41, 5.74) is 10.1. The summed E-state index contributed by atoms with van der Waals surface area (Å²) in [7, 11) is -1.02. The van der Waals surface area contributed by atoms with E-state index in [2.05, 4.69) is 15.3 Å². The number of anilines is 1. The van der Waals surface area contributed by atoms with Crippen LogP contribution in [0.1, 0.15) is 19.3 Å². The van der Waals surface area contributed by atoms with Gasteiger partial charge in [0, 0.05) is 22.4 Å². The number of fused-ring (bicyclic) bond motifs is 1. The molecule has 6 nitrogen and oxygen atoms in total. The molecular weight excluding hydrogens is 420 g/mol. The predicted octanol–water partition coefficient (Wildman–Crippen LogP) is 4.64. The van der Waals surface area contributed by atoms with Gasteiger partial charge < -0.3 is 15.5 Å². The second-order valence-electron chi connectivity index (χ2n) is 8.20. The van der Waals surface area contributed by atoms with Gasteiger partial charge >= 0.3 is 0 Å². The van der Waals surface area contributed by atoms with Gasteiger partial charge in [-0.15, -0.1) is 0 Å². The lowest BCUT2D eigenvalue weighted by atomic mass is 9.96. The van der Waals surface area contributed by atoms with Crippen LogP contribution in [0, 0.1) is 5.92 Å². The zero-order chi connectivity index (χ0) is 21.9. The molecule has 0 amide bonds. The molecule has 1 aliphatic heterocycles. The maximum atomic E-state index is 12.9. The van der Waals surface area contributed by atoms with E-state index in [1.54, 1.807) is 6.20 Å². The minimum atomic E-state index is -1.02. The number of aromatic nitrogens is 2. The molecule has 0 bridgehead atoms. The maximum Gasteiger partial charge on any atom is 0.231 e. The van der Waals surface area contributed by atoms with Crippen molar-refractivity contribution in [3.05, 3.63) is 60.8 Å². The molecule has 1 unspecified atom stereocenters. The number of nitrogens with zero attached hydrogens (tertiary/aromatic N) is 2. The number of hydrogen-bond acceptors (Lipinski definition) is 6. The summed E-state index contributed by atoms with van der Waals surface area (Å²) in [5, 5.41) is 3.39. The third-order valence-corrected chi connectivity index (χ3v) is 7.43. The molecule has 0 spiro atoms. The summed E-state index contributed by atoms with van der Waals surface area (Å²) in [6.07, 6.45) is 5.09. The smallest absolute Gasteiger partial charge is 0.231 e. The number of pyridine rings is 1. The number of nitrogen functional groups attached to an aromatic ring is 1. The molecule has 7 heteroatoms. The molecule has 0 radical (unpaired) electrons. The number of hydrogen-bond donors (Lipinski definition) is 2. The van der Waals surface area contributed by atoms with E-state index in [0.717, 1.165) is 41.0 Å². The first-order valence-corrected chi connectivity index (χ1v) is 12.3. The Hall–Kier alpha value is -3.03. The van der Waals surface area contributed by atoms with Crippen molar-refractivity contribution in [2.45, 2.75) is 24.2 Å². The highest BCUT2D eigenvalue weighted by atomic mass is 32.2. The van der Waals surface area contributed by atoms with Crippen LogP contribution in [-0.2, 0) is 10.8 Å². The van der Waals surface area contributed by atoms with Crippen LogP contribution in [0.15, 0.2) is 70.1 Å². The van der Waals surface area contributed by atoms with Crippen LogP contribution in [0.25, 0.3) is 33.7 Å². The van der Waals surface area contributed by atoms with Crippen LogP contribution in [-0.4, -0.2) is 33.0 Å². The van der Waals surface area contributed by atoms with Crippen molar-refractivity contribution in [2.75, 3.05) is 24.6 Å². The molecule has 0 saturated carbocycles. The number of para-hydroxylation sites is 2. The van der Waals surface area contributed by atoms with E-state index in [4.69, 9.17) is 10.2 Å². The second kappa shape index (κ2) is 9.22. The van der Waals surface area contributed by atoms with E-state index in [-0.39, 0.29) is 0 Å². The number of rotatable bonds is 6. The number of oxazole rings is 1. The summed E-state index contributed by atoms with van der Waals surface area (Å²) < 4.78 is 18.8. The van der Waals surface area contributed by atoms with Crippen LogP contribution in [0.3, 0.4) is 0 Å². The Morgan fingerprint density at radius 1 is 1.06 bits per heavy atom. The standard InChI is InChI=1S/C25H26N4O2S/c26-24-21(25-29-22-6-1-2-7-23(22)31-25)15-19(16-28-24)18-4-3-5-20(14-18)32(30)13-10-17-8-11-27-12-9-17/h1-7,14-17,27H,8-13H2,(H2,26,28). The lowest BCUT2D eigenvalue weighted by molar-refractivity contribution is 0.366. The molecule has 164 valence electrons. The highest BCUT2D eigenvalue weighted by molar-refractivity contribution is 7.85. The van der Waals surface area contributed by atoms with Gasteiger partial charge in [0.2, 0.25) is 5.89 Å². The molecule has 3 heterocycles. The van der Waals surface area contributed by atoms with E-state index in [1.165, 1.54) is 12.8 Å². The van der Waals surface area contributed by atoms with E-state index < -0.39 is 10.8 Å². The van der Waals surface area contributed by atoms with E-state index in [9.17, 15) is 4.21 Å². The van der Waals surface area contributed by atoms with E-state index in [0.29, 0.717) is 34.5 Å². The van der Waals surface area contributed by atoms with Gasteiger partial charge in [0.15, 0.2) is 5.58 Å². The summed E-state index contributed by atoms with van der Waals surface area (Å²) in [5.74, 6) is 2.17. The van der Waals surface area contributed by atoms with Gasteiger partial charge in [-0.3, -0.25) is 4.21 Å². The topological polar surface area (TPSA) is 94.0 Å². The predicted molar refractivity (Wildman–Crippen MR) is 129 cm³/mol. The highest BCUT2D eigenvalue weighted by Crippen LogP contribution is 2.32. The Bertz CT molecular complexity index is 1230. The summed E-state index contributed by atoms with van der Waals surface area (Å²) >= 11 is 0. The zero-order valence-corrected chi connectivity index (χ0v) is 18.6. The summed E-state index contributed by atoms with van der Waals surface area (Å²) in [4.78, 5) is 9.77. The summed E-state index contributed by atoms with van der Waals surface area (Å²) in [6.45, 7) is 2.14. The van der Waals surface area contributed by atoms with Gasteiger partial charge in [0.1, 0.15) is 11.3 Å². The normalized spacial score (nSPS) is 15.8. The van der Waals surface area contributed by atoms with Crippen LogP contribution in [0.4, 0.5) is 5.82 Å². The third-order valence-electron chi connectivity index (χ3n) is 6.04. The molecular formula is C25H26N4O2S. The van der Waals surface area contributed by atoms with Crippen LogP contribution < -0.4 is 11.1 Å². The van der Waals surface area contributed by atoms with Crippen molar-refractivity contribution in [3.8, 4) is 22.6 Å². The first kappa shape index (κ1) is 20.8. The summed E-state index contributed by atoms with van der Waals surface area (Å²) in [6, 6.07) is 17.4. The SMILES string of the molecule is Nc1ncc(-c2cccc(S(=O)CCC3CCNCC3)c2)cc1-c1nc2ccccc2o1. The van der Waals surface area contributed by atoms with Gasteiger partial charge in [0.25, 0.3) is 0 Å². The third kappa shape index (κ3) is 4.45. The van der Waals surface area contributed by atoms with Crippen molar-refractivity contribution >= 4 is 27.7 Å². The Kier molecular flexibility index (Phi) is 6.01. The number of nitrogens with one attached hydrogen (secondary N) is 1. The average Bonchev–Trinajstić information content (AvgIpc) is 3.27. The fourth-order valence-electron chi connectivity index (χ4n) is 4.17. The lowest BCUT2D eigenvalue weighted by Crippen LogP contribution is -2.28. The van der Waals surface area contributed by atoms with Crippen molar-refractivity contribution in [3.63, 3.8) is 0 Å². The van der Waals surface area contributed by atoms with Gasteiger partial charge in [-0.25, -0.2) is 9.97 Å². The Morgan fingerprint density at radius 3 is 2.75 bits per heavy atom. The molecule has 2 aromatic carbocycles. The Morgan fingerprint density at radius 2 is 1.91 bits per heavy atom. The van der Waals surface area contributed by atoms with Crippen molar-refractivity contribution < 1.29 is 8.63 Å². The van der Waals surface area contributed by atoms with Crippen LogP contribution in [0.2, 0.25) is 0 Å². The van der Waals surface area contributed by atoms with E-state index in [1.807, 2.05) is 54.6 Å². The zero-order valence-electron chi connectivity index (χ0n) is 17.8. The minimum Gasteiger partial charge on any atom is -0.436 e. The largest absolute Gasteiger partial charge is 0.436 e. The molecule has 32 heavy (non-hydrogen) atoms. The lowest BCUT2D eigenvalue weighted by Gasteiger charge is -2.22. The van der Waals surface area contributed by atoms with Crippen molar-refractivity contribution in [1.82, 2.24) is 15.3 Å². The second-order valence-corrected chi connectivity index (χ2v) is 9.77. The highest BCUT2D eigenvalue weighted by Gasteiger charge is 2.16. The molecule has 0 aliphatic carbocycles. The molecule has 1 atom stereocenters. The van der Waals surface area contributed by atoms with Crippen LogP contribution >= 0.6 is 0 Å². The van der Waals surface area contributed by atoms with Crippen molar-refractivity contribution in [1.29, 1.82) is 0 Å². The first-order valence-electron chi connectivity index (χ1n) is 11.0. The molecule has 1 fully saturated rings. The fourth-order valence-corrected chi connectivity index (χ4v) is 5.44. The maximum absolute atomic E-state index is 12.9. The number of nitrogens with two attached hydrogens (primary N) is 1. The van der Waals surface area contributed by atoms with Crippen LogP contribution in [0.5, 0.6) is 0 Å². The molecule has 2 aromatic heterocycles. The number of benzene rings is 2. The molecule has 5 rings (SSSR count). The van der Waals surface area contributed by atoms with Gasteiger partial charge in [0.05, 0.1) is 16.4 Å². The van der Waals surface area contributed by atoms with Gasteiger partial charge in [-0.05, 0) is 74.2 Å². The van der Waals surface area contributed by atoms with Crippen molar-refractivity contribution in [2.24, 2.45) is 5.92 Å². The van der Waals surface area contributed by atoms with Gasteiger partial charge in [-0.1, -0.05) is 24.3 Å². The Labute approximate surface area is 189 Å². The first-order chi connectivity index (χ1) is 15.7. The fraction of sp³-hybridized carbons (Fsp3) is 0.280. The quantitative estimate of drug-likeness (QED) is 0.448. The van der Waals surface area contributed by atoms with E-state index >= 15 is 0 Å².